The number of hydrogen-bond acceptors (Lipinski definition) is 3. The zero-order valence-electron chi connectivity index (χ0n) is 46.7. The number of hydrogen-bond donors (Lipinski definition) is 0. The van der Waals surface area contributed by atoms with E-state index in [4.69, 9.17) is 37.4 Å². The molecule has 0 radical (unpaired) electrons. The molecule has 14 unspecified atom stereocenters. The summed E-state index contributed by atoms with van der Waals surface area (Å²) in [7, 11) is 0. The van der Waals surface area contributed by atoms with Crippen LogP contribution in [-0.2, 0) is 14.2 Å². The fraction of sp³-hybridized carbons (Fsp3) is 1.00. The first-order chi connectivity index (χ1) is 31.0. The van der Waals surface area contributed by atoms with E-state index in [9.17, 15) is 0 Å². The van der Waals surface area contributed by atoms with Gasteiger partial charge in [-0.25, -0.2) is 0 Å². The second-order valence-corrected chi connectivity index (χ2v) is 24.8. The Bertz CT molecular complexity index is 919. The summed E-state index contributed by atoms with van der Waals surface area (Å²) in [6, 6.07) is 0. The number of rotatable bonds is 48. The predicted molar refractivity (Wildman–Crippen MR) is 293 cm³/mol. The second kappa shape index (κ2) is 43.3. The SMILES string of the molecule is CCCCCCOC(CCCC(C)CC(C)CC(C)CC(C)CC(C)CC(C)CCCCl)OC(CCCC(C)CC(C)CC(C)CC(C)CC(C)CC(C)CCCCl)OCCCCCC. The summed E-state index contributed by atoms with van der Waals surface area (Å²) in [6.45, 7) is 35.9. The Labute approximate surface area is 420 Å². The molecule has 65 heavy (non-hydrogen) atoms. The lowest BCUT2D eigenvalue weighted by atomic mass is 9.81. The van der Waals surface area contributed by atoms with E-state index in [-0.39, 0.29) is 12.6 Å². The van der Waals surface area contributed by atoms with Crippen LogP contribution >= 0.6 is 23.2 Å². The van der Waals surface area contributed by atoms with Crippen LogP contribution < -0.4 is 0 Å². The minimum absolute atomic E-state index is 0.169. The lowest BCUT2D eigenvalue weighted by Gasteiger charge is -2.27. The molecule has 0 N–H and O–H groups in total. The molecule has 0 bridgehead atoms. The van der Waals surface area contributed by atoms with Gasteiger partial charge in [0.1, 0.15) is 0 Å². The molecule has 5 heteroatoms. The zero-order valence-corrected chi connectivity index (χ0v) is 48.2. The van der Waals surface area contributed by atoms with Crippen molar-refractivity contribution in [3.05, 3.63) is 0 Å². The molecule has 14 atom stereocenters. The molecule has 392 valence electrons. The van der Waals surface area contributed by atoms with E-state index in [1.54, 1.807) is 0 Å². The minimum atomic E-state index is -0.169. The van der Waals surface area contributed by atoms with Crippen LogP contribution in [0.25, 0.3) is 0 Å². The molecule has 0 aliphatic carbocycles. The zero-order chi connectivity index (χ0) is 48.8. The van der Waals surface area contributed by atoms with Crippen molar-refractivity contribution in [1.82, 2.24) is 0 Å². The Morgan fingerprint density at radius 2 is 0.523 bits per heavy atom. The van der Waals surface area contributed by atoms with Gasteiger partial charge < -0.3 is 14.2 Å². The van der Waals surface area contributed by atoms with Gasteiger partial charge in [-0.2, -0.15) is 0 Å². The molecule has 0 aromatic rings. The van der Waals surface area contributed by atoms with Crippen molar-refractivity contribution in [2.75, 3.05) is 25.0 Å². The summed E-state index contributed by atoms with van der Waals surface area (Å²) >= 11 is 11.9. The van der Waals surface area contributed by atoms with Gasteiger partial charge in [-0.05, 0) is 199 Å². The van der Waals surface area contributed by atoms with Crippen LogP contribution in [0.4, 0.5) is 0 Å². The van der Waals surface area contributed by atoms with Gasteiger partial charge in [0.25, 0.3) is 0 Å². The van der Waals surface area contributed by atoms with Crippen LogP contribution in [0, 0.1) is 71.0 Å². The normalized spacial score (nSPS) is 18.8. The molecule has 3 nitrogen and oxygen atoms in total. The number of halogens is 2. The molecule has 0 rings (SSSR count). The summed E-state index contributed by atoms with van der Waals surface area (Å²) in [4.78, 5) is 0. The summed E-state index contributed by atoms with van der Waals surface area (Å²) in [5.41, 5.74) is 0. The van der Waals surface area contributed by atoms with Gasteiger partial charge in [0.15, 0.2) is 12.6 Å². The van der Waals surface area contributed by atoms with Crippen LogP contribution in [0.1, 0.15) is 277 Å². The minimum Gasteiger partial charge on any atom is -0.353 e. The first kappa shape index (κ1) is 65.5. The van der Waals surface area contributed by atoms with Gasteiger partial charge in [0.05, 0.1) is 0 Å². The number of unbranched alkanes of at least 4 members (excludes halogenated alkanes) is 6. The van der Waals surface area contributed by atoms with Crippen LogP contribution in [0.2, 0.25) is 0 Å². The lowest BCUT2D eigenvalue weighted by Crippen LogP contribution is -2.28. The smallest absolute Gasteiger partial charge is 0.160 e. The van der Waals surface area contributed by atoms with Crippen LogP contribution in [0.5, 0.6) is 0 Å². The topological polar surface area (TPSA) is 27.7 Å². The number of alkyl halides is 2. The van der Waals surface area contributed by atoms with E-state index in [1.165, 1.54) is 128 Å². The van der Waals surface area contributed by atoms with Crippen molar-refractivity contribution in [2.45, 2.75) is 289 Å². The maximum atomic E-state index is 6.84. The molecule has 0 spiro atoms. The summed E-state index contributed by atoms with van der Waals surface area (Å²) in [5.74, 6) is 11.0. The Morgan fingerprint density at radius 1 is 0.277 bits per heavy atom. The van der Waals surface area contributed by atoms with Crippen LogP contribution in [-0.4, -0.2) is 37.6 Å². The first-order valence-electron chi connectivity index (χ1n) is 29.0. The third-order valence-corrected chi connectivity index (χ3v) is 15.4. The van der Waals surface area contributed by atoms with E-state index in [0.717, 1.165) is 147 Å². The fourth-order valence-electron chi connectivity index (χ4n) is 12.3. The quantitative estimate of drug-likeness (QED) is 0.0346. The van der Waals surface area contributed by atoms with Crippen molar-refractivity contribution in [3.8, 4) is 0 Å². The summed E-state index contributed by atoms with van der Waals surface area (Å²) in [6.07, 6.45) is 34.6. The van der Waals surface area contributed by atoms with E-state index < -0.39 is 0 Å². The third-order valence-electron chi connectivity index (χ3n) is 14.9. The number of ether oxygens (including phenoxy) is 3. The van der Waals surface area contributed by atoms with Crippen LogP contribution in [0.3, 0.4) is 0 Å². The Balaban J connectivity index is 5.12. The molecular weight excluding hydrogens is 840 g/mol. The van der Waals surface area contributed by atoms with E-state index in [0.29, 0.717) is 0 Å². The van der Waals surface area contributed by atoms with Crippen molar-refractivity contribution in [2.24, 2.45) is 71.0 Å². The monoisotopic (exact) mass is 959 g/mol. The van der Waals surface area contributed by atoms with Crippen molar-refractivity contribution in [3.63, 3.8) is 0 Å². The second-order valence-electron chi connectivity index (χ2n) is 24.0. The highest BCUT2D eigenvalue weighted by atomic mass is 35.5. The van der Waals surface area contributed by atoms with Gasteiger partial charge in [-0.15, -0.1) is 23.2 Å². The fourth-order valence-corrected chi connectivity index (χ4v) is 12.6. The predicted octanol–water partition coefficient (Wildman–Crippen LogP) is 20.8. The van der Waals surface area contributed by atoms with Gasteiger partial charge in [-0.1, -0.05) is 148 Å². The molecule has 0 saturated carbocycles. The Morgan fingerprint density at radius 3 is 0.769 bits per heavy atom. The average Bonchev–Trinajstić information content (AvgIpc) is 3.20. The third kappa shape index (κ3) is 40.9. The summed E-state index contributed by atoms with van der Waals surface area (Å²) < 4.78 is 20.0. The molecule has 0 amide bonds. The van der Waals surface area contributed by atoms with Gasteiger partial charge in [0, 0.05) is 25.0 Å². The highest BCUT2D eigenvalue weighted by Crippen LogP contribution is 2.32. The van der Waals surface area contributed by atoms with Gasteiger partial charge in [0.2, 0.25) is 0 Å². The largest absolute Gasteiger partial charge is 0.353 e. The lowest BCUT2D eigenvalue weighted by molar-refractivity contribution is -0.250. The van der Waals surface area contributed by atoms with Gasteiger partial charge >= 0.3 is 0 Å². The molecule has 0 aliphatic heterocycles. The highest BCUT2D eigenvalue weighted by molar-refractivity contribution is 6.18. The van der Waals surface area contributed by atoms with Crippen molar-refractivity contribution in [1.29, 1.82) is 0 Å². The molecule has 0 saturated heterocycles. The van der Waals surface area contributed by atoms with E-state index >= 15 is 0 Å². The molecule has 0 fully saturated rings. The molecule has 0 aliphatic rings. The molecule has 0 heterocycles. The molecular formula is C60H120Cl2O3. The van der Waals surface area contributed by atoms with E-state index in [1.807, 2.05) is 0 Å². The Hall–Kier alpha value is 0.460. The molecule has 0 aromatic heterocycles. The van der Waals surface area contributed by atoms with Gasteiger partial charge in [-0.3, -0.25) is 0 Å². The maximum Gasteiger partial charge on any atom is 0.160 e. The Kier molecular flexibility index (Phi) is 43.6. The maximum absolute atomic E-state index is 6.84. The van der Waals surface area contributed by atoms with E-state index in [2.05, 4.69) is 96.9 Å². The standard InChI is InChI=1S/C60H120Cl2O3/c1-15-17-19-21-35-63-59(31-23-27-47(3)37-51(7)41-55(11)45-57(13)43-53(9)39-49(5)29-25-33-61)65-60(64-36-22-20-18-16-2)32-24-28-48(4)38-52(8)42-56(12)46-58(14)44-54(10)40-50(6)30-26-34-62/h47-60H,15-46H2,1-14H3. The van der Waals surface area contributed by atoms with Crippen molar-refractivity contribution >= 4 is 23.2 Å². The molecule has 0 aromatic carbocycles. The highest BCUT2D eigenvalue weighted by Gasteiger charge is 2.22. The van der Waals surface area contributed by atoms with Crippen molar-refractivity contribution < 1.29 is 14.2 Å². The van der Waals surface area contributed by atoms with Crippen LogP contribution in [0.15, 0.2) is 0 Å². The first-order valence-corrected chi connectivity index (χ1v) is 30.1. The average molecular weight is 961 g/mol. The summed E-state index contributed by atoms with van der Waals surface area (Å²) in [5, 5.41) is 0.